The first kappa shape index (κ1) is 19.4. The van der Waals surface area contributed by atoms with Crippen molar-refractivity contribution in [3.05, 3.63) is 68.9 Å². The van der Waals surface area contributed by atoms with Crippen molar-refractivity contribution in [3.8, 4) is 0 Å². The first-order valence-electron chi connectivity index (χ1n) is 9.43. The van der Waals surface area contributed by atoms with Gasteiger partial charge in [0, 0.05) is 68.4 Å². The molecule has 2 N–H and O–H groups in total. The van der Waals surface area contributed by atoms with E-state index in [2.05, 4.69) is 41.8 Å². The number of nitrogens with one attached hydrogen (secondary N) is 2. The summed E-state index contributed by atoms with van der Waals surface area (Å²) < 4.78 is 1.90. The number of piperazine rings is 1. The normalized spacial score (nSPS) is 20.0. The fourth-order valence-electron chi connectivity index (χ4n) is 4.35. The third kappa shape index (κ3) is 2.81. The topological polar surface area (TPSA) is 72.2 Å². The van der Waals surface area contributed by atoms with Gasteiger partial charge in [0.1, 0.15) is 12.1 Å². The minimum atomic E-state index is -0.673. The summed E-state index contributed by atoms with van der Waals surface area (Å²) in [5.74, 6) is -0.227. The van der Waals surface area contributed by atoms with Gasteiger partial charge in [-0.1, -0.05) is 44.0 Å². The fourth-order valence-corrected chi connectivity index (χ4v) is 5.07. The Labute approximate surface area is 189 Å². The molecule has 1 aliphatic heterocycles. The van der Waals surface area contributed by atoms with Crippen LogP contribution in [0.1, 0.15) is 23.2 Å². The molecule has 2 aromatic carbocycles. The van der Waals surface area contributed by atoms with Gasteiger partial charge in [-0.15, -0.1) is 0 Å². The zero-order valence-electron chi connectivity index (χ0n) is 16.2. The van der Waals surface area contributed by atoms with Gasteiger partial charge in [0.25, 0.3) is 11.8 Å². The number of halogens is 2. The minimum absolute atomic E-state index is 0.114. The zero-order chi connectivity index (χ0) is 21.2. The molecule has 0 spiro atoms. The van der Waals surface area contributed by atoms with Crippen molar-refractivity contribution in [1.82, 2.24) is 19.8 Å². The monoisotopic (exact) mass is 528 g/mol. The number of hydrogen-bond acceptors (Lipinski definition) is 2. The van der Waals surface area contributed by atoms with Gasteiger partial charge in [-0.2, -0.15) is 0 Å². The Hall–Kier alpha value is -2.58. The predicted octanol–water partition coefficient (Wildman–Crippen LogP) is 4.89. The number of H-pyrrole nitrogens is 2. The molecule has 1 aliphatic rings. The van der Waals surface area contributed by atoms with Crippen molar-refractivity contribution in [2.75, 3.05) is 14.1 Å². The first-order valence-corrected chi connectivity index (χ1v) is 11.0. The van der Waals surface area contributed by atoms with Crippen LogP contribution in [0, 0.1) is 0 Å². The van der Waals surface area contributed by atoms with E-state index in [-0.39, 0.29) is 11.8 Å². The van der Waals surface area contributed by atoms with Crippen LogP contribution in [-0.2, 0) is 9.59 Å². The molecule has 5 rings (SSSR count). The van der Waals surface area contributed by atoms with Crippen molar-refractivity contribution < 1.29 is 9.59 Å². The molecule has 2 amide bonds. The van der Waals surface area contributed by atoms with E-state index in [1.807, 2.05) is 48.8 Å². The molecule has 0 bridgehead atoms. The van der Waals surface area contributed by atoms with E-state index in [0.717, 1.165) is 41.9 Å². The van der Waals surface area contributed by atoms with Crippen molar-refractivity contribution in [2.45, 2.75) is 12.1 Å². The van der Waals surface area contributed by atoms with Gasteiger partial charge in [-0.3, -0.25) is 9.59 Å². The largest absolute Gasteiger partial charge is 0.361 e. The summed E-state index contributed by atoms with van der Waals surface area (Å²) in [6.45, 7) is 0. The van der Waals surface area contributed by atoms with Crippen LogP contribution in [0.4, 0.5) is 0 Å². The molecule has 2 atom stereocenters. The van der Waals surface area contributed by atoms with Crippen LogP contribution >= 0.6 is 31.9 Å². The van der Waals surface area contributed by atoms with E-state index < -0.39 is 12.1 Å². The number of nitrogens with zero attached hydrogens (tertiary/aromatic N) is 2. The molecule has 0 radical (unpaired) electrons. The molecule has 1 saturated heterocycles. The zero-order valence-corrected chi connectivity index (χ0v) is 19.4. The molecular weight excluding hydrogens is 512 g/mol. The molecule has 2 unspecified atom stereocenters. The van der Waals surface area contributed by atoms with Gasteiger partial charge in [-0.25, -0.2) is 0 Å². The SMILES string of the molecule is CN1C(=O)C(c2c[nH]c3cc(Br)ccc23)N(C)C(=O)C1c1c[nH]c2cc(Br)ccc12. The van der Waals surface area contributed by atoms with E-state index in [9.17, 15) is 9.59 Å². The Morgan fingerprint density at radius 2 is 1.13 bits per heavy atom. The Bertz CT molecular complexity index is 1220. The Morgan fingerprint density at radius 3 is 1.53 bits per heavy atom. The highest BCUT2D eigenvalue weighted by molar-refractivity contribution is 9.10. The highest BCUT2D eigenvalue weighted by Gasteiger charge is 2.45. The maximum Gasteiger partial charge on any atom is 0.250 e. The number of benzene rings is 2. The van der Waals surface area contributed by atoms with Crippen LogP contribution in [0.25, 0.3) is 21.8 Å². The molecule has 2 aromatic heterocycles. The maximum atomic E-state index is 13.5. The van der Waals surface area contributed by atoms with Crippen LogP contribution in [0.5, 0.6) is 0 Å². The van der Waals surface area contributed by atoms with E-state index in [1.54, 1.807) is 23.9 Å². The maximum absolute atomic E-state index is 13.5. The summed E-state index contributed by atoms with van der Waals surface area (Å²) in [6.07, 6.45) is 3.64. The van der Waals surface area contributed by atoms with E-state index in [0.29, 0.717) is 0 Å². The molecule has 1 fully saturated rings. The molecule has 152 valence electrons. The van der Waals surface area contributed by atoms with E-state index in [1.165, 1.54) is 0 Å². The van der Waals surface area contributed by atoms with Gasteiger partial charge in [0.05, 0.1) is 0 Å². The van der Waals surface area contributed by atoms with Gasteiger partial charge in [-0.05, 0) is 24.3 Å². The highest BCUT2D eigenvalue weighted by atomic mass is 79.9. The molecule has 0 aliphatic carbocycles. The highest BCUT2D eigenvalue weighted by Crippen LogP contribution is 2.39. The summed E-state index contributed by atoms with van der Waals surface area (Å²) in [5.41, 5.74) is 3.43. The van der Waals surface area contributed by atoms with Gasteiger partial charge < -0.3 is 19.8 Å². The fraction of sp³-hybridized carbons (Fsp3) is 0.182. The second-order valence-electron chi connectivity index (χ2n) is 7.57. The van der Waals surface area contributed by atoms with Gasteiger partial charge in [0.2, 0.25) is 0 Å². The number of carbonyl (C=O) groups is 2. The van der Waals surface area contributed by atoms with Crippen LogP contribution in [0.3, 0.4) is 0 Å². The smallest absolute Gasteiger partial charge is 0.250 e. The summed E-state index contributed by atoms with van der Waals surface area (Å²) in [5, 5.41) is 1.86. The third-order valence-electron chi connectivity index (χ3n) is 5.88. The van der Waals surface area contributed by atoms with Crippen LogP contribution in [0.15, 0.2) is 57.7 Å². The minimum Gasteiger partial charge on any atom is -0.361 e. The Morgan fingerprint density at radius 1 is 0.733 bits per heavy atom. The molecule has 8 heteroatoms. The first-order chi connectivity index (χ1) is 14.4. The summed E-state index contributed by atoms with van der Waals surface area (Å²) in [6, 6.07) is 10.4. The number of fused-ring (bicyclic) bond motifs is 2. The lowest BCUT2D eigenvalue weighted by Crippen LogP contribution is -2.54. The van der Waals surface area contributed by atoms with E-state index >= 15 is 0 Å². The average molecular weight is 530 g/mol. The summed E-state index contributed by atoms with van der Waals surface area (Å²) >= 11 is 6.94. The van der Waals surface area contributed by atoms with Crippen molar-refractivity contribution in [3.63, 3.8) is 0 Å². The predicted molar refractivity (Wildman–Crippen MR) is 123 cm³/mol. The number of rotatable bonds is 2. The van der Waals surface area contributed by atoms with Crippen LogP contribution in [-0.4, -0.2) is 45.7 Å². The number of aromatic amines is 2. The summed E-state index contributed by atoms with van der Waals surface area (Å²) in [7, 11) is 3.40. The number of hydrogen-bond donors (Lipinski definition) is 2. The van der Waals surface area contributed by atoms with Crippen molar-refractivity contribution >= 4 is 65.5 Å². The number of aromatic nitrogens is 2. The lowest BCUT2D eigenvalue weighted by molar-refractivity contribution is -0.159. The number of likely N-dealkylation sites (N-methyl/N-ethyl adjacent to an activating group) is 2. The lowest BCUT2D eigenvalue weighted by Gasteiger charge is -2.41. The number of amides is 2. The molecule has 4 aromatic rings. The standard InChI is InChI=1S/C22H18Br2N4O2/c1-27-19(15-9-25-17-7-11(23)3-5-13(15)17)22(30)28(2)20(21(27)29)16-10-26-18-8-12(24)4-6-14(16)18/h3-10,19-20,25-26H,1-2H3. The summed E-state index contributed by atoms with van der Waals surface area (Å²) in [4.78, 5) is 36.5. The van der Waals surface area contributed by atoms with Crippen molar-refractivity contribution in [2.24, 2.45) is 0 Å². The Balaban J connectivity index is 1.58. The lowest BCUT2D eigenvalue weighted by atomic mass is 9.94. The third-order valence-corrected chi connectivity index (χ3v) is 6.86. The van der Waals surface area contributed by atoms with Gasteiger partial charge in [0.15, 0.2) is 0 Å². The molecule has 0 saturated carbocycles. The van der Waals surface area contributed by atoms with Crippen LogP contribution in [0.2, 0.25) is 0 Å². The van der Waals surface area contributed by atoms with Crippen molar-refractivity contribution in [1.29, 1.82) is 0 Å². The molecule has 3 heterocycles. The second kappa shape index (κ2) is 6.99. The molecular formula is C22H18Br2N4O2. The average Bonchev–Trinajstić information content (AvgIpc) is 3.31. The second-order valence-corrected chi connectivity index (χ2v) is 9.40. The van der Waals surface area contributed by atoms with E-state index in [4.69, 9.17) is 0 Å². The van der Waals surface area contributed by atoms with Gasteiger partial charge >= 0.3 is 0 Å². The molecule has 6 nitrogen and oxygen atoms in total. The quantitative estimate of drug-likeness (QED) is 0.388. The number of carbonyl (C=O) groups excluding carboxylic acids is 2. The van der Waals surface area contributed by atoms with Crippen LogP contribution < -0.4 is 0 Å². The molecule has 30 heavy (non-hydrogen) atoms. The Kier molecular flexibility index (Phi) is 4.52.